The van der Waals surface area contributed by atoms with Crippen LogP contribution in [0.3, 0.4) is 0 Å². The van der Waals surface area contributed by atoms with Crippen LogP contribution in [-0.2, 0) is 15.6 Å². The molecule has 8 heteroatoms. The lowest BCUT2D eigenvalue weighted by atomic mass is 10.1. The molecule has 7 nitrogen and oxygen atoms in total. The third kappa shape index (κ3) is 3.10. The highest BCUT2D eigenvalue weighted by atomic mass is 32.2. The summed E-state index contributed by atoms with van der Waals surface area (Å²) in [5, 5.41) is 16.3. The number of hydrogen-bond acceptors (Lipinski definition) is 6. The van der Waals surface area contributed by atoms with E-state index in [1.54, 1.807) is 20.8 Å². The van der Waals surface area contributed by atoms with Crippen molar-refractivity contribution in [1.29, 1.82) is 0 Å². The molecule has 2 rings (SSSR count). The van der Waals surface area contributed by atoms with Gasteiger partial charge in [-0.2, -0.15) is 0 Å². The minimum Gasteiger partial charge on any atom is -0.478 e. The predicted molar refractivity (Wildman–Crippen MR) is 72.8 cm³/mol. The van der Waals surface area contributed by atoms with Crippen LogP contribution < -0.4 is 0 Å². The first kappa shape index (κ1) is 15.2. The number of aryl methyl sites for hydroxylation is 3. The number of aromatic carboxylic acids is 1. The molecule has 1 aromatic carbocycles. The molecule has 0 saturated heterocycles. The maximum atomic E-state index is 12.4. The Morgan fingerprint density at radius 3 is 2.38 bits per heavy atom. The molecule has 0 aliphatic carbocycles. The fourth-order valence-corrected chi connectivity index (χ4v) is 3.48. The molecule has 0 atom stereocenters. The molecule has 0 saturated carbocycles. The van der Waals surface area contributed by atoms with Gasteiger partial charge in [0.1, 0.15) is 5.75 Å². The van der Waals surface area contributed by atoms with Gasteiger partial charge in [-0.25, -0.2) is 13.2 Å². The average molecular weight is 310 g/mol. The molecule has 1 heterocycles. The second-order valence-electron chi connectivity index (χ2n) is 4.71. The van der Waals surface area contributed by atoms with Gasteiger partial charge in [-0.15, -0.1) is 10.2 Å². The first-order valence-electron chi connectivity index (χ1n) is 6.07. The normalized spacial score (nSPS) is 11.6. The summed E-state index contributed by atoms with van der Waals surface area (Å²) >= 11 is 0. The Kier molecular flexibility index (Phi) is 3.82. The highest BCUT2D eigenvalue weighted by molar-refractivity contribution is 7.90. The minimum atomic E-state index is -3.76. The van der Waals surface area contributed by atoms with E-state index in [9.17, 15) is 13.2 Å². The molecule has 0 aliphatic heterocycles. The molecule has 0 unspecified atom stereocenters. The van der Waals surface area contributed by atoms with Crippen molar-refractivity contribution in [3.05, 3.63) is 40.6 Å². The van der Waals surface area contributed by atoms with E-state index in [0.29, 0.717) is 11.1 Å². The molecule has 0 amide bonds. The highest BCUT2D eigenvalue weighted by Gasteiger charge is 2.23. The predicted octanol–water partition coefficient (Wildman–Crippen LogP) is 1.67. The number of carboxylic acids is 1. The number of sulfone groups is 1. The number of carboxylic acid groups (broad SMARTS) is 1. The van der Waals surface area contributed by atoms with E-state index in [4.69, 9.17) is 9.52 Å². The number of aromatic nitrogens is 2. The largest absolute Gasteiger partial charge is 0.478 e. The number of rotatable bonds is 4. The molecule has 0 bridgehead atoms. The fourth-order valence-electron chi connectivity index (χ4n) is 2.03. The van der Waals surface area contributed by atoms with E-state index >= 15 is 0 Å². The first-order valence-corrected chi connectivity index (χ1v) is 7.72. The lowest BCUT2D eigenvalue weighted by molar-refractivity contribution is 0.0696. The summed E-state index contributed by atoms with van der Waals surface area (Å²) in [5.41, 5.74) is 0.946. The molecule has 1 aromatic heterocycles. The molecule has 1 N–H and O–H groups in total. The second-order valence-corrected chi connectivity index (χ2v) is 6.67. The van der Waals surface area contributed by atoms with Crippen LogP contribution in [0.1, 0.15) is 33.3 Å². The Balaban J connectivity index is 2.49. The maximum absolute atomic E-state index is 12.4. The summed E-state index contributed by atoms with van der Waals surface area (Å²) in [5.74, 6) is -1.38. The summed E-state index contributed by atoms with van der Waals surface area (Å²) < 4.78 is 29.9. The van der Waals surface area contributed by atoms with Gasteiger partial charge in [0, 0.05) is 6.92 Å². The number of carbonyl (C=O) groups is 1. The van der Waals surface area contributed by atoms with E-state index in [2.05, 4.69) is 10.2 Å². The zero-order valence-corrected chi connectivity index (χ0v) is 12.6. The molecule has 112 valence electrons. The van der Waals surface area contributed by atoms with E-state index in [1.807, 2.05) is 0 Å². The molecule has 21 heavy (non-hydrogen) atoms. The molecule has 0 radical (unpaired) electrons. The fraction of sp³-hybridized carbons (Fsp3) is 0.308. The number of benzene rings is 1. The van der Waals surface area contributed by atoms with Gasteiger partial charge < -0.3 is 9.52 Å². The standard InChI is InChI=1S/C13H14N2O5S/c1-7-4-8(2)11(5-10(7)13(16)17)21(18,19)6-12-15-14-9(3)20-12/h4-5H,6H2,1-3H3,(H,16,17). The van der Waals surface area contributed by atoms with E-state index in [0.717, 1.165) is 0 Å². The monoisotopic (exact) mass is 310 g/mol. The van der Waals surface area contributed by atoms with E-state index in [1.165, 1.54) is 12.1 Å². The van der Waals surface area contributed by atoms with Crippen LogP contribution in [0.15, 0.2) is 21.4 Å². The van der Waals surface area contributed by atoms with Gasteiger partial charge in [-0.05, 0) is 31.0 Å². The van der Waals surface area contributed by atoms with Crippen molar-refractivity contribution >= 4 is 15.8 Å². The van der Waals surface area contributed by atoms with Crippen LogP contribution >= 0.6 is 0 Å². The van der Waals surface area contributed by atoms with Crippen molar-refractivity contribution < 1.29 is 22.7 Å². The van der Waals surface area contributed by atoms with Crippen LogP contribution in [-0.4, -0.2) is 29.7 Å². The zero-order chi connectivity index (χ0) is 15.8. The summed E-state index contributed by atoms with van der Waals surface area (Å²) in [6.45, 7) is 4.79. The Hall–Kier alpha value is -2.22. The van der Waals surface area contributed by atoms with Crippen molar-refractivity contribution in [3.63, 3.8) is 0 Å². The van der Waals surface area contributed by atoms with Crippen LogP contribution in [0, 0.1) is 20.8 Å². The van der Waals surface area contributed by atoms with Gasteiger partial charge in [0.15, 0.2) is 9.84 Å². The maximum Gasteiger partial charge on any atom is 0.335 e. The van der Waals surface area contributed by atoms with Gasteiger partial charge in [-0.1, -0.05) is 6.07 Å². The topological polar surface area (TPSA) is 110 Å². The van der Waals surface area contributed by atoms with Crippen molar-refractivity contribution in [2.75, 3.05) is 0 Å². The Morgan fingerprint density at radius 1 is 1.19 bits per heavy atom. The molecule has 0 spiro atoms. The van der Waals surface area contributed by atoms with Gasteiger partial charge >= 0.3 is 5.97 Å². The van der Waals surface area contributed by atoms with Crippen LogP contribution in [0.4, 0.5) is 0 Å². The molecular formula is C13H14N2O5S. The van der Waals surface area contributed by atoms with Crippen molar-refractivity contribution in [1.82, 2.24) is 10.2 Å². The van der Waals surface area contributed by atoms with E-state index < -0.39 is 21.6 Å². The van der Waals surface area contributed by atoms with Gasteiger partial charge in [-0.3, -0.25) is 0 Å². The summed E-state index contributed by atoms with van der Waals surface area (Å²) in [4.78, 5) is 11.1. The molecule has 0 fully saturated rings. The smallest absolute Gasteiger partial charge is 0.335 e. The van der Waals surface area contributed by atoms with Crippen LogP contribution in [0.25, 0.3) is 0 Å². The second kappa shape index (κ2) is 5.28. The van der Waals surface area contributed by atoms with Crippen molar-refractivity contribution in [2.45, 2.75) is 31.4 Å². The third-order valence-electron chi connectivity index (χ3n) is 2.97. The Labute approximate surface area is 121 Å². The third-order valence-corrected chi connectivity index (χ3v) is 4.71. The summed E-state index contributed by atoms with van der Waals surface area (Å²) in [7, 11) is -3.76. The number of nitrogens with zero attached hydrogens (tertiary/aromatic N) is 2. The summed E-state index contributed by atoms with van der Waals surface area (Å²) in [6.07, 6.45) is 0. The quantitative estimate of drug-likeness (QED) is 0.914. The average Bonchev–Trinajstić information content (AvgIpc) is 2.72. The van der Waals surface area contributed by atoms with Gasteiger partial charge in [0.25, 0.3) is 0 Å². The summed E-state index contributed by atoms with van der Waals surface area (Å²) in [6, 6.07) is 2.71. The minimum absolute atomic E-state index is 0.0237. The van der Waals surface area contributed by atoms with Gasteiger partial charge in [0.05, 0.1) is 10.5 Å². The Morgan fingerprint density at radius 2 is 1.86 bits per heavy atom. The zero-order valence-electron chi connectivity index (χ0n) is 11.7. The number of hydrogen-bond donors (Lipinski definition) is 1. The SMILES string of the molecule is Cc1nnc(CS(=O)(=O)c2cc(C(=O)O)c(C)cc2C)o1. The van der Waals surface area contributed by atoms with Crippen molar-refractivity contribution in [3.8, 4) is 0 Å². The molecule has 0 aliphatic rings. The molecule has 2 aromatic rings. The lowest BCUT2D eigenvalue weighted by Gasteiger charge is -2.09. The Bertz CT molecular complexity index is 808. The van der Waals surface area contributed by atoms with Gasteiger partial charge in [0.2, 0.25) is 11.8 Å². The molecular weight excluding hydrogens is 296 g/mol. The van der Waals surface area contributed by atoms with Crippen LogP contribution in [0.2, 0.25) is 0 Å². The first-order chi connectivity index (χ1) is 9.70. The van der Waals surface area contributed by atoms with Crippen LogP contribution in [0.5, 0.6) is 0 Å². The van der Waals surface area contributed by atoms with E-state index in [-0.39, 0.29) is 22.2 Å². The highest BCUT2D eigenvalue weighted by Crippen LogP contribution is 2.24. The lowest BCUT2D eigenvalue weighted by Crippen LogP contribution is -2.10. The van der Waals surface area contributed by atoms with Crippen molar-refractivity contribution in [2.24, 2.45) is 0 Å².